The Morgan fingerprint density at radius 3 is 2.74 bits per heavy atom. The molecule has 1 saturated heterocycles. The maximum Gasteiger partial charge on any atom is 0.332 e. The minimum atomic E-state index is -4.88. The first-order valence-corrected chi connectivity index (χ1v) is 14.6. The number of benzene rings is 2. The molecule has 9 nitrogen and oxygen atoms in total. The second kappa shape index (κ2) is 8.26. The average molecular weight is 550 g/mol. The minimum Gasteiger partial charge on any atom is -0.355 e. The topological polar surface area (TPSA) is 131 Å². The minimum absolute atomic E-state index is 0.0489. The summed E-state index contributed by atoms with van der Waals surface area (Å²) in [5, 5.41) is 11.5. The number of halogens is 1. The molecule has 3 aromatic heterocycles. The van der Waals surface area contributed by atoms with E-state index in [1.165, 1.54) is 6.07 Å². The van der Waals surface area contributed by atoms with Crippen LogP contribution in [0, 0.1) is 18.8 Å². The number of fused-ring (bicyclic) bond motifs is 3. The number of anilines is 1. The van der Waals surface area contributed by atoms with Gasteiger partial charge >= 0.3 is 10.2 Å². The third kappa shape index (κ3) is 3.40. The summed E-state index contributed by atoms with van der Waals surface area (Å²) in [5.74, 6) is 1.73. The maximum atomic E-state index is 13.9. The second-order valence-electron chi connectivity index (χ2n) is 10.1. The standard InChI is InChI=1S/C26H24FN7O2S2/c1-14-12-37-25(30-14)26(13-28)18-8-9-34(11-19(18)26)21-10-29-23-22(32-33-24(23)31-21)17-6-7-20(38(27,35)36)16-5-3-2-4-15(16)17/h2-7,10,12,18-19H,8-9,11,13,28H2,1H3,(H,31,32,33). The van der Waals surface area contributed by atoms with Gasteiger partial charge in [0.25, 0.3) is 0 Å². The molecule has 1 saturated carbocycles. The highest BCUT2D eigenvalue weighted by Gasteiger charge is 2.67. The summed E-state index contributed by atoms with van der Waals surface area (Å²) in [5.41, 5.74) is 9.57. The predicted molar refractivity (Wildman–Crippen MR) is 144 cm³/mol. The molecule has 3 atom stereocenters. The summed E-state index contributed by atoms with van der Waals surface area (Å²) in [6.45, 7) is 4.31. The summed E-state index contributed by atoms with van der Waals surface area (Å²) < 4.78 is 37.3. The van der Waals surface area contributed by atoms with Crippen LogP contribution in [0.4, 0.5) is 9.70 Å². The van der Waals surface area contributed by atoms with Gasteiger partial charge < -0.3 is 10.6 Å². The molecule has 0 bridgehead atoms. The predicted octanol–water partition coefficient (Wildman–Crippen LogP) is 3.95. The van der Waals surface area contributed by atoms with Gasteiger partial charge in [-0.3, -0.25) is 5.10 Å². The molecule has 0 amide bonds. The first-order chi connectivity index (χ1) is 18.3. The molecule has 194 valence electrons. The summed E-state index contributed by atoms with van der Waals surface area (Å²) in [7, 11) is -4.88. The number of nitrogens with zero attached hydrogens (tertiary/aromatic N) is 5. The Hall–Kier alpha value is -3.48. The van der Waals surface area contributed by atoms with E-state index in [-0.39, 0.29) is 10.3 Å². The van der Waals surface area contributed by atoms with Crippen LogP contribution in [0.5, 0.6) is 0 Å². The van der Waals surface area contributed by atoms with Crippen LogP contribution in [0.25, 0.3) is 33.2 Å². The quantitative estimate of drug-likeness (QED) is 0.315. The van der Waals surface area contributed by atoms with E-state index in [0.29, 0.717) is 51.6 Å². The van der Waals surface area contributed by atoms with Crippen LogP contribution in [0.2, 0.25) is 0 Å². The zero-order chi connectivity index (χ0) is 26.2. The van der Waals surface area contributed by atoms with Gasteiger partial charge in [-0.2, -0.15) is 13.5 Å². The smallest absolute Gasteiger partial charge is 0.332 e. The van der Waals surface area contributed by atoms with Gasteiger partial charge in [-0.15, -0.1) is 15.2 Å². The third-order valence-corrected chi connectivity index (χ3v) is 10.2. The Labute approximate surface area is 222 Å². The Morgan fingerprint density at radius 1 is 1.18 bits per heavy atom. The van der Waals surface area contributed by atoms with Crippen LogP contribution in [-0.4, -0.2) is 53.2 Å². The number of rotatable bonds is 5. The van der Waals surface area contributed by atoms with Crippen molar-refractivity contribution < 1.29 is 12.3 Å². The molecule has 5 aromatic rings. The molecule has 2 aromatic carbocycles. The SMILES string of the molecule is Cc1csc(C2(CN)C3CCN(c4cnc5c(-c6ccc(S(=O)(=O)F)c7ccccc67)n[nH]c5n4)CC32)n1. The molecular weight excluding hydrogens is 525 g/mol. The molecule has 12 heteroatoms. The molecule has 7 rings (SSSR count). The van der Waals surface area contributed by atoms with Crippen molar-refractivity contribution in [1.82, 2.24) is 25.1 Å². The molecule has 3 N–H and O–H groups in total. The van der Waals surface area contributed by atoms with Crippen LogP contribution in [0.15, 0.2) is 52.9 Å². The average Bonchev–Trinajstić information content (AvgIpc) is 3.16. The van der Waals surface area contributed by atoms with Crippen LogP contribution in [0.1, 0.15) is 17.1 Å². The molecule has 2 fully saturated rings. The lowest BCUT2D eigenvalue weighted by atomic mass is 10.0. The monoisotopic (exact) mass is 549 g/mol. The summed E-state index contributed by atoms with van der Waals surface area (Å²) in [6.07, 6.45) is 2.77. The van der Waals surface area contributed by atoms with Crippen LogP contribution < -0.4 is 10.6 Å². The van der Waals surface area contributed by atoms with Crippen molar-refractivity contribution in [3.63, 3.8) is 0 Å². The lowest BCUT2D eigenvalue weighted by Gasteiger charge is -2.26. The molecule has 38 heavy (non-hydrogen) atoms. The van der Waals surface area contributed by atoms with E-state index in [2.05, 4.69) is 20.5 Å². The van der Waals surface area contributed by atoms with Crippen molar-refractivity contribution in [2.45, 2.75) is 23.7 Å². The summed E-state index contributed by atoms with van der Waals surface area (Å²) >= 11 is 1.71. The Kier molecular flexibility index (Phi) is 5.13. The van der Waals surface area contributed by atoms with Crippen molar-refractivity contribution in [2.24, 2.45) is 17.6 Å². The van der Waals surface area contributed by atoms with Gasteiger partial charge in [0.15, 0.2) is 5.65 Å². The van der Waals surface area contributed by atoms with E-state index in [4.69, 9.17) is 20.7 Å². The number of nitrogens with one attached hydrogen (secondary N) is 1. The van der Waals surface area contributed by atoms with Gasteiger partial charge in [0.05, 0.1) is 6.20 Å². The van der Waals surface area contributed by atoms with Crippen molar-refractivity contribution in [3.05, 3.63) is 58.7 Å². The summed E-state index contributed by atoms with van der Waals surface area (Å²) in [4.78, 5) is 16.2. The molecule has 1 aliphatic carbocycles. The van der Waals surface area contributed by atoms with Crippen molar-refractivity contribution in [2.75, 3.05) is 24.5 Å². The number of hydrogen-bond acceptors (Lipinski definition) is 9. The Balaban J connectivity index is 1.22. The van der Waals surface area contributed by atoms with E-state index in [1.807, 2.05) is 6.92 Å². The highest BCUT2D eigenvalue weighted by Crippen LogP contribution is 2.63. The third-order valence-electron chi connectivity index (χ3n) is 8.17. The van der Waals surface area contributed by atoms with Gasteiger partial charge in [-0.05, 0) is 36.6 Å². The van der Waals surface area contributed by atoms with Gasteiger partial charge in [-0.25, -0.2) is 15.0 Å². The first kappa shape index (κ1) is 23.6. The fraction of sp³-hybridized carbons (Fsp3) is 0.308. The van der Waals surface area contributed by atoms with E-state index in [0.717, 1.165) is 36.0 Å². The lowest BCUT2D eigenvalue weighted by Crippen LogP contribution is -2.32. The molecule has 4 heterocycles. The highest BCUT2D eigenvalue weighted by atomic mass is 32.3. The largest absolute Gasteiger partial charge is 0.355 e. The van der Waals surface area contributed by atoms with E-state index < -0.39 is 10.2 Å². The number of aromatic amines is 1. The summed E-state index contributed by atoms with van der Waals surface area (Å²) in [6, 6.07) is 9.60. The normalized spacial score (nSPS) is 23.2. The number of H-pyrrole nitrogens is 1. The van der Waals surface area contributed by atoms with Gasteiger partial charge in [0.2, 0.25) is 0 Å². The Morgan fingerprint density at radius 2 is 2.00 bits per heavy atom. The van der Waals surface area contributed by atoms with E-state index in [9.17, 15) is 12.3 Å². The molecule has 2 aliphatic rings. The van der Waals surface area contributed by atoms with Crippen molar-refractivity contribution in [1.29, 1.82) is 0 Å². The van der Waals surface area contributed by atoms with E-state index >= 15 is 0 Å². The number of thiazole rings is 1. The molecule has 3 unspecified atom stereocenters. The van der Waals surface area contributed by atoms with Gasteiger partial charge in [0.1, 0.15) is 26.9 Å². The molecular formula is C26H24FN7O2S2. The fourth-order valence-corrected chi connectivity index (χ4v) is 8.09. The Bertz CT molecular complexity index is 1840. The molecule has 1 aliphatic heterocycles. The van der Waals surface area contributed by atoms with Gasteiger partial charge in [-0.1, -0.05) is 30.3 Å². The van der Waals surface area contributed by atoms with Crippen molar-refractivity contribution >= 4 is 49.3 Å². The van der Waals surface area contributed by atoms with Gasteiger partial charge in [0, 0.05) is 47.1 Å². The van der Waals surface area contributed by atoms with Crippen LogP contribution >= 0.6 is 11.3 Å². The number of piperidine rings is 1. The van der Waals surface area contributed by atoms with Crippen molar-refractivity contribution in [3.8, 4) is 11.3 Å². The zero-order valence-corrected chi connectivity index (χ0v) is 22.1. The number of nitrogens with two attached hydrogens (primary N) is 1. The zero-order valence-electron chi connectivity index (χ0n) is 20.4. The number of aromatic nitrogens is 5. The number of aryl methyl sites for hydroxylation is 1. The highest BCUT2D eigenvalue weighted by molar-refractivity contribution is 7.86. The maximum absolute atomic E-state index is 13.9. The number of hydrogen-bond donors (Lipinski definition) is 2. The van der Waals surface area contributed by atoms with E-state index in [1.54, 1.807) is 47.9 Å². The molecule has 0 spiro atoms. The fourth-order valence-electron chi connectivity index (χ4n) is 6.28. The lowest BCUT2D eigenvalue weighted by molar-refractivity contribution is 0.545. The van der Waals surface area contributed by atoms with Crippen LogP contribution in [-0.2, 0) is 15.6 Å². The first-order valence-electron chi connectivity index (χ1n) is 12.4. The second-order valence-corrected chi connectivity index (χ2v) is 12.3. The molecule has 0 radical (unpaired) electrons. The van der Waals surface area contributed by atoms with Crippen LogP contribution in [0.3, 0.4) is 0 Å².